The van der Waals surface area contributed by atoms with E-state index in [-0.39, 0.29) is 0 Å². The van der Waals surface area contributed by atoms with Gasteiger partial charge in [0, 0.05) is 22.5 Å². The highest BCUT2D eigenvalue weighted by molar-refractivity contribution is 6.45. The van der Waals surface area contributed by atoms with Crippen molar-refractivity contribution < 1.29 is 0 Å². The Bertz CT molecular complexity index is 732. The number of fused-ring (bicyclic) bond motifs is 2. The molecule has 0 saturated carbocycles. The highest BCUT2D eigenvalue weighted by Gasteiger charge is 2.06. The molecule has 0 aliphatic carbocycles. The predicted octanol–water partition coefficient (Wildman–Crippen LogP) is 5.55. The Balaban J connectivity index is 2.48. The standard InChI is InChI=1S/C14H5Cl3/c15-11-3-1-8-5-9-2-4-13(16)14(17)12(9)7-10(8)6-11/h1-2,5-7H. The van der Waals surface area contributed by atoms with Crippen LogP contribution in [-0.2, 0) is 0 Å². The fourth-order valence-electron chi connectivity index (χ4n) is 1.86. The van der Waals surface area contributed by atoms with E-state index < -0.39 is 0 Å². The Labute approximate surface area is 114 Å². The first-order valence-electron chi connectivity index (χ1n) is 4.95. The quantitative estimate of drug-likeness (QED) is 0.473. The molecule has 0 aliphatic rings. The predicted molar refractivity (Wildman–Crippen MR) is 74.2 cm³/mol. The van der Waals surface area contributed by atoms with Crippen molar-refractivity contribution in [2.45, 2.75) is 0 Å². The van der Waals surface area contributed by atoms with Gasteiger partial charge in [-0.05, 0) is 46.5 Å². The van der Waals surface area contributed by atoms with E-state index in [2.05, 4.69) is 12.1 Å². The maximum atomic E-state index is 6.16. The summed E-state index contributed by atoms with van der Waals surface area (Å²) in [5, 5.41) is 5.54. The molecule has 0 bridgehead atoms. The van der Waals surface area contributed by atoms with Gasteiger partial charge in [0.25, 0.3) is 0 Å². The summed E-state index contributed by atoms with van der Waals surface area (Å²) in [5.41, 5.74) is 0. The van der Waals surface area contributed by atoms with E-state index in [1.807, 2.05) is 30.3 Å². The lowest BCUT2D eigenvalue weighted by atomic mass is 10.0. The van der Waals surface area contributed by atoms with Crippen molar-refractivity contribution in [3.8, 4) is 0 Å². The van der Waals surface area contributed by atoms with Crippen LogP contribution >= 0.6 is 34.8 Å². The van der Waals surface area contributed by atoms with Crippen LogP contribution in [0, 0.1) is 12.1 Å². The molecule has 0 unspecified atom stereocenters. The van der Waals surface area contributed by atoms with Gasteiger partial charge < -0.3 is 0 Å². The van der Waals surface area contributed by atoms with Crippen LogP contribution in [0.25, 0.3) is 21.5 Å². The first kappa shape index (κ1) is 11.2. The van der Waals surface area contributed by atoms with E-state index in [0.717, 1.165) is 21.5 Å². The number of hydrogen-bond donors (Lipinski definition) is 0. The van der Waals surface area contributed by atoms with Crippen LogP contribution in [0.3, 0.4) is 0 Å². The zero-order chi connectivity index (χ0) is 12.0. The molecule has 82 valence electrons. The maximum Gasteiger partial charge on any atom is 0.0677 e. The van der Waals surface area contributed by atoms with Crippen molar-refractivity contribution in [3.63, 3.8) is 0 Å². The summed E-state index contributed by atoms with van der Waals surface area (Å²) >= 11 is 18.0. The molecule has 17 heavy (non-hydrogen) atoms. The molecule has 0 spiro atoms. The normalized spacial score (nSPS) is 11.2. The molecule has 3 heteroatoms. The van der Waals surface area contributed by atoms with Gasteiger partial charge in [0.05, 0.1) is 10.0 Å². The SMILES string of the molecule is Clc1[c]cc2cc3c[c]c(Cl)c(Cl)c3cc2c1. The molecule has 0 heterocycles. The van der Waals surface area contributed by atoms with Gasteiger partial charge in [0.15, 0.2) is 0 Å². The Morgan fingerprint density at radius 3 is 2.35 bits per heavy atom. The second-order valence-corrected chi connectivity index (χ2v) is 4.93. The molecule has 0 aromatic heterocycles. The summed E-state index contributed by atoms with van der Waals surface area (Å²) < 4.78 is 0. The van der Waals surface area contributed by atoms with Crippen LogP contribution < -0.4 is 0 Å². The molecule has 0 amide bonds. The molecule has 0 fully saturated rings. The fraction of sp³-hybridized carbons (Fsp3) is 0. The topological polar surface area (TPSA) is 0 Å². The first-order valence-corrected chi connectivity index (χ1v) is 6.09. The van der Waals surface area contributed by atoms with Crippen LogP contribution in [0.15, 0.2) is 30.3 Å². The molecule has 3 aromatic carbocycles. The van der Waals surface area contributed by atoms with Crippen molar-refractivity contribution in [1.29, 1.82) is 0 Å². The average Bonchev–Trinajstić information content (AvgIpc) is 2.32. The summed E-state index contributed by atoms with van der Waals surface area (Å²) in [6.07, 6.45) is 0. The second kappa shape index (κ2) is 4.06. The molecule has 3 aromatic rings. The number of rotatable bonds is 0. The van der Waals surface area contributed by atoms with Crippen molar-refractivity contribution in [2.75, 3.05) is 0 Å². The van der Waals surface area contributed by atoms with E-state index in [9.17, 15) is 0 Å². The van der Waals surface area contributed by atoms with Crippen LogP contribution in [0.4, 0.5) is 0 Å². The number of benzene rings is 3. The van der Waals surface area contributed by atoms with E-state index in [1.54, 1.807) is 0 Å². The number of halogens is 3. The summed E-state index contributed by atoms with van der Waals surface area (Å²) in [5.74, 6) is 0. The highest BCUT2D eigenvalue weighted by Crippen LogP contribution is 2.33. The lowest BCUT2D eigenvalue weighted by molar-refractivity contribution is 1.74. The third-order valence-electron chi connectivity index (χ3n) is 2.69. The largest absolute Gasteiger partial charge is 0.0836 e. The highest BCUT2D eigenvalue weighted by atomic mass is 35.5. The van der Waals surface area contributed by atoms with Gasteiger partial charge in [-0.25, -0.2) is 0 Å². The third-order valence-corrected chi connectivity index (χ3v) is 3.69. The van der Waals surface area contributed by atoms with Crippen molar-refractivity contribution in [2.24, 2.45) is 0 Å². The Morgan fingerprint density at radius 2 is 1.53 bits per heavy atom. The number of hydrogen-bond acceptors (Lipinski definition) is 0. The van der Waals surface area contributed by atoms with Gasteiger partial charge in [-0.1, -0.05) is 34.8 Å². The maximum absolute atomic E-state index is 6.16. The van der Waals surface area contributed by atoms with Crippen LogP contribution in [0.5, 0.6) is 0 Å². The molecule has 0 aliphatic heterocycles. The molecule has 3 rings (SSSR count). The first-order chi connectivity index (χ1) is 8.15. The molecular formula is C14H5Cl3. The monoisotopic (exact) mass is 278 g/mol. The van der Waals surface area contributed by atoms with Crippen LogP contribution in [0.2, 0.25) is 15.1 Å². The minimum absolute atomic E-state index is 0.437. The van der Waals surface area contributed by atoms with E-state index >= 15 is 0 Å². The van der Waals surface area contributed by atoms with E-state index in [1.165, 1.54) is 0 Å². The van der Waals surface area contributed by atoms with Crippen molar-refractivity contribution >= 4 is 56.3 Å². The second-order valence-electron chi connectivity index (χ2n) is 3.77. The van der Waals surface area contributed by atoms with Gasteiger partial charge in [-0.15, -0.1) is 0 Å². The van der Waals surface area contributed by atoms with Crippen LogP contribution in [-0.4, -0.2) is 0 Å². The zero-order valence-electron chi connectivity index (χ0n) is 8.52. The van der Waals surface area contributed by atoms with E-state index in [4.69, 9.17) is 34.8 Å². The van der Waals surface area contributed by atoms with Crippen molar-refractivity contribution in [3.05, 3.63) is 57.5 Å². The third kappa shape index (κ3) is 1.87. The smallest absolute Gasteiger partial charge is 0.0677 e. The minimum Gasteiger partial charge on any atom is -0.0836 e. The summed E-state index contributed by atoms with van der Waals surface area (Å²) in [6, 6.07) is 15.4. The Kier molecular flexibility index (Phi) is 2.67. The lowest BCUT2D eigenvalue weighted by Gasteiger charge is -2.05. The molecule has 0 atom stereocenters. The molecule has 2 radical (unpaired) electrons. The van der Waals surface area contributed by atoms with Gasteiger partial charge in [0.1, 0.15) is 0 Å². The zero-order valence-corrected chi connectivity index (χ0v) is 10.8. The summed E-state index contributed by atoms with van der Waals surface area (Å²) in [4.78, 5) is 0. The Morgan fingerprint density at radius 1 is 0.765 bits per heavy atom. The van der Waals surface area contributed by atoms with Gasteiger partial charge in [0.2, 0.25) is 0 Å². The van der Waals surface area contributed by atoms with E-state index in [0.29, 0.717) is 15.1 Å². The minimum atomic E-state index is 0.437. The average molecular weight is 280 g/mol. The molecule has 0 N–H and O–H groups in total. The Hall–Kier alpha value is -0.950. The molecular weight excluding hydrogens is 275 g/mol. The molecule has 0 saturated heterocycles. The summed E-state index contributed by atoms with van der Waals surface area (Å²) in [7, 11) is 0. The van der Waals surface area contributed by atoms with Gasteiger partial charge >= 0.3 is 0 Å². The lowest BCUT2D eigenvalue weighted by Crippen LogP contribution is -1.79. The summed E-state index contributed by atoms with van der Waals surface area (Å²) in [6.45, 7) is 0. The fourth-order valence-corrected chi connectivity index (χ4v) is 2.40. The van der Waals surface area contributed by atoms with Gasteiger partial charge in [-0.2, -0.15) is 0 Å². The molecule has 0 nitrogen and oxygen atoms in total. The van der Waals surface area contributed by atoms with Crippen LogP contribution in [0.1, 0.15) is 0 Å². The van der Waals surface area contributed by atoms with Crippen molar-refractivity contribution in [1.82, 2.24) is 0 Å². The van der Waals surface area contributed by atoms with Gasteiger partial charge in [-0.3, -0.25) is 0 Å².